The van der Waals surface area contributed by atoms with E-state index in [0.29, 0.717) is 5.69 Å². The zero-order chi connectivity index (χ0) is 20.3. The van der Waals surface area contributed by atoms with E-state index in [2.05, 4.69) is 15.6 Å². The van der Waals surface area contributed by atoms with Gasteiger partial charge in [0.1, 0.15) is 11.1 Å². The molecule has 1 fully saturated rings. The molecule has 2 amide bonds. The number of alkyl halides is 3. The first-order chi connectivity index (χ1) is 13.2. The van der Waals surface area contributed by atoms with Crippen LogP contribution in [0, 0.1) is 5.82 Å². The van der Waals surface area contributed by atoms with Gasteiger partial charge in [-0.1, -0.05) is 23.9 Å². The second-order valence-corrected chi connectivity index (χ2v) is 6.98. The molecule has 0 saturated carbocycles. The summed E-state index contributed by atoms with van der Waals surface area (Å²) < 4.78 is 51.9. The number of carbonyl (C=O) groups is 2. The van der Waals surface area contributed by atoms with Crippen LogP contribution < -0.4 is 10.6 Å². The zero-order valence-corrected chi connectivity index (χ0v) is 14.9. The van der Waals surface area contributed by atoms with E-state index in [9.17, 15) is 27.2 Å². The molecular formula is C18H13F4N3O2S. The number of hydrogen-bond donors (Lipinski definition) is 2. The van der Waals surface area contributed by atoms with E-state index in [1.807, 2.05) is 0 Å². The second-order valence-electron chi connectivity index (χ2n) is 5.78. The third-order valence-electron chi connectivity index (χ3n) is 3.71. The first kappa shape index (κ1) is 19.9. The van der Waals surface area contributed by atoms with Crippen molar-refractivity contribution in [3.8, 4) is 0 Å². The summed E-state index contributed by atoms with van der Waals surface area (Å²) in [6.45, 7) is 0. The summed E-state index contributed by atoms with van der Waals surface area (Å²) >= 11 is 0.979. The lowest BCUT2D eigenvalue weighted by molar-refractivity contribution is -0.137. The minimum Gasteiger partial charge on any atom is -0.325 e. The van der Waals surface area contributed by atoms with E-state index in [1.165, 1.54) is 36.4 Å². The number of aliphatic imine (C=N–C) groups is 1. The number of nitrogens with one attached hydrogen (secondary N) is 2. The molecule has 0 aromatic heterocycles. The van der Waals surface area contributed by atoms with Crippen LogP contribution in [-0.2, 0) is 15.8 Å². The van der Waals surface area contributed by atoms with Crippen molar-refractivity contribution in [1.82, 2.24) is 5.32 Å². The molecule has 1 heterocycles. The Labute approximate surface area is 161 Å². The number of thioether (sulfide) groups is 1. The van der Waals surface area contributed by atoms with Gasteiger partial charge in [-0.25, -0.2) is 9.38 Å². The van der Waals surface area contributed by atoms with Gasteiger partial charge in [-0.2, -0.15) is 13.2 Å². The Morgan fingerprint density at radius 3 is 2.50 bits per heavy atom. The molecule has 1 saturated heterocycles. The first-order valence-electron chi connectivity index (χ1n) is 8.00. The van der Waals surface area contributed by atoms with Crippen LogP contribution in [0.15, 0.2) is 53.5 Å². The number of halogens is 4. The number of amides is 2. The van der Waals surface area contributed by atoms with Crippen molar-refractivity contribution in [1.29, 1.82) is 0 Å². The molecule has 3 rings (SSSR count). The topological polar surface area (TPSA) is 70.6 Å². The summed E-state index contributed by atoms with van der Waals surface area (Å²) in [6.07, 6.45) is -4.94. The van der Waals surface area contributed by atoms with Crippen molar-refractivity contribution in [2.45, 2.75) is 17.8 Å². The monoisotopic (exact) mass is 411 g/mol. The molecule has 2 N–H and O–H groups in total. The highest BCUT2D eigenvalue weighted by molar-refractivity contribution is 8.15. The SMILES string of the molecule is O=C(C[C@H]1SC(=Nc2ccc(F)cc2)NC1=O)Nc1ccccc1C(F)(F)F. The number of rotatable bonds is 4. The van der Waals surface area contributed by atoms with Crippen LogP contribution in [0.4, 0.5) is 28.9 Å². The van der Waals surface area contributed by atoms with E-state index >= 15 is 0 Å². The Hall–Kier alpha value is -2.88. The molecule has 0 radical (unpaired) electrons. The lowest BCUT2D eigenvalue weighted by Gasteiger charge is -2.14. The predicted octanol–water partition coefficient (Wildman–Crippen LogP) is 4.09. The third-order valence-corrected chi connectivity index (χ3v) is 4.79. The molecule has 0 bridgehead atoms. The Morgan fingerprint density at radius 2 is 1.82 bits per heavy atom. The predicted molar refractivity (Wildman–Crippen MR) is 97.7 cm³/mol. The second kappa shape index (κ2) is 8.01. The summed E-state index contributed by atoms with van der Waals surface area (Å²) in [4.78, 5) is 28.3. The van der Waals surface area contributed by atoms with Crippen LogP contribution in [-0.4, -0.2) is 22.2 Å². The molecule has 1 aliphatic heterocycles. The minimum absolute atomic E-state index is 0.227. The van der Waals surface area contributed by atoms with Crippen LogP contribution in [0.2, 0.25) is 0 Å². The van der Waals surface area contributed by atoms with Crippen molar-refractivity contribution >= 4 is 40.1 Å². The Bertz CT molecular complexity index is 929. The number of hydrogen-bond acceptors (Lipinski definition) is 4. The number of benzene rings is 2. The van der Waals surface area contributed by atoms with E-state index in [1.54, 1.807) is 0 Å². The van der Waals surface area contributed by atoms with Crippen molar-refractivity contribution in [3.05, 3.63) is 59.9 Å². The van der Waals surface area contributed by atoms with Gasteiger partial charge in [0, 0.05) is 6.42 Å². The van der Waals surface area contributed by atoms with Gasteiger partial charge < -0.3 is 10.6 Å². The number of nitrogens with zero attached hydrogens (tertiary/aromatic N) is 1. The molecule has 0 aliphatic carbocycles. The molecule has 10 heteroatoms. The van der Waals surface area contributed by atoms with Crippen LogP contribution >= 0.6 is 11.8 Å². The van der Waals surface area contributed by atoms with Gasteiger partial charge in [0.2, 0.25) is 11.8 Å². The van der Waals surface area contributed by atoms with E-state index in [-0.39, 0.29) is 17.3 Å². The number of carbonyl (C=O) groups excluding carboxylic acids is 2. The molecule has 0 spiro atoms. The minimum atomic E-state index is -4.61. The molecule has 5 nitrogen and oxygen atoms in total. The van der Waals surface area contributed by atoms with E-state index in [0.717, 1.165) is 23.9 Å². The average molecular weight is 411 g/mol. The van der Waals surface area contributed by atoms with Gasteiger partial charge in [0.15, 0.2) is 5.17 Å². The maximum atomic E-state index is 13.0. The van der Waals surface area contributed by atoms with Crippen LogP contribution in [0.25, 0.3) is 0 Å². The van der Waals surface area contributed by atoms with Gasteiger partial charge in [0.25, 0.3) is 0 Å². The molecular weight excluding hydrogens is 398 g/mol. The molecule has 28 heavy (non-hydrogen) atoms. The molecule has 2 aromatic carbocycles. The normalized spacial score (nSPS) is 18.2. The molecule has 1 atom stereocenters. The molecule has 1 aliphatic rings. The standard InChI is InChI=1S/C18H13F4N3O2S/c19-10-5-7-11(8-6-10)23-17-25-16(27)14(28-17)9-15(26)24-13-4-2-1-3-12(13)18(20,21)22/h1-8,14H,9H2,(H,24,26)(H,23,25,27)/t14-/m1/s1. The quantitative estimate of drug-likeness (QED) is 0.745. The van der Waals surface area contributed by atoms with Crippen LogP contribution in [0.3, 0.4) is 0 Å². The summed E-state index contributed by atoms with van der Waals surface area (Å²) in [5.41, 5.74) is -0.928. The highest BCUT2D eigenvalue weighted by Crippen LogP contribution is 2.35. The van der Waals surface area contributed by atoms with Gasteiger partial charge in [0.05, 0.1) is 16.9 Å². The van der Waals surface area contributed by atoms with Gasteiger partial charge in [-0.3, -0.25) is 9.59 Å². The number of amidine groups is 1. The third kappa shape index (κ3) is 4.89. The maximum Gasteiger partial charge on any atom is 0.418 e. The molecule has 0 unspecified atom stereocenters. The molecule has 146 valence electrons. The zero-order valence-electron chi connectivity index (χ0n) is 14.1. The summed E-state index contributed by atoms with van der Waals surface area (Å²) in [5, 5.41) is 4.08. The van der Waals surface area contributed by atoms with Crippen LogP contribution in [0.1, 0.15) is 12.0 Å². The van der Waals surface area contributed by atoms with Gasteiger partial charge in [-0.05, 0) is 36.4 Å². The summed E-state index contributed by atoms with van der Waals surface area (Å²) in [7, 11) is 0. The smallest absolute Gasteiger partial charge is 0.325 e. The Morgan fingerprint density at radius 1 is 1.14 bits per heavy atom. The fourth-order valence-electron chi connectivity index (χ4n) is 2.43. The fraction of sp³-hybridized carbons (Fsp3) is 0.167. The summed E-state index contributed by atoms with van der Waals surface area (Å²) in [6, 6.07) is 9.86. The van der Waals surface area contributed by atoms with E-state index in [4.69, 9.17) is 0 Å². The van der Waals surface area contributed by atoms with Gasteiger partial charge in [-0.15, -0.1) is 0 Å². The number of anilines is 1. The van der Waals surface area contributed by atoms with Crippen molar-refractivity contribution in [2.24, 2.45) is 4.99 Å². The maximum absolute atomic E-state index is 13.0. The molecule has 2 aromatic rings. The fourth-order valence-corrected chi connectivity index (χ4v) is 3.42. The van der Waals surface area contributed by atoms with E-state index < -0.39 is 34.6 Å². The summed E-state index contributed by atoms with van der Waals surface area (Å²) in [5.74, 6) is -1.64. The van der Waals surface area contributed by atoms with Gasteiger partial charge >= 0.3 is 6.18 Å². The highest BCUT2D eigenvalue weighted by atomic mass is 32.2. The Balaban J connectivity index is 1.65. The largest absolute Gasteiger partial charge is 0.418 e. The lowest BCUT2D eigenvalue weighted by Crippen LogP contribution is -2.28. The highest BCUT2D eigenvalue weighted by Gasteiger charge is 2.35. The van der Waals surface area contributed by atoms with Crippen molar-refractivity contribution in [3.63, 3.8) is 0 Å². The lowest BCUT2D eigenvalue weighted by atomic mass is 10.1. The average Bonchev–Trinajstić information content (AvgIpc) is 2.95. The van der Waals surface area contributed by atoms with Crippen molar-refractivity contribution < 1.29 is 27.2 Å². The van der Waals surface area contributed by atoms with Crippen LogP contribution in [0.5, 0.6) is 0 Å². The number of para-hydroxylation sites is 1. The Kier molecular flexibility index (Phi) is 5.68. The first-order valence-corrected chi connectivity index (χ1v) is 8.88. The van der Waals surface area contributed by atoms with Crippen molar-refractivity contribution in [2.75, 3.05) is 5.32 Å².